The number of rotatable bonds is 1. The molecule has 0 amide bonds. The molecule has 0 saturated heterocycles. The monoisotopic (exact) mass is 172 g/mol. The van der Waals surface area contributed by atoms with Crippen molar-refractivity contribution in [2.45, 2.75) is 0 Å². The fraction of sp³-hybridized carbons (Fsp3) is 0. The molecule has 1 aromatic heterocycles. The van der Waals surface area contributed by atoms with Crippen molar-refractivity contribution in [3.8, 4) is 0 Å². The van der Waals surface area contributed by atoms with Gasteiger partial charge >= 0.3 is 0 Å². The van der Waals surface area contributed by atoms with E-state index in [0.29, 0.717) is 0 Å². The van der Waals surface area contributed by atoms with E-state index in [1.807, 2.05) is 0 Å². The van der Waals surface area contributed by atoms with Crippen LogP contribution in [0, 0.1) is 0 Å². The summed E-state index contributed by atoms with van der Waals surface area (Å²) >= 11 is 4.63. The number of imidazole rings is 1. The van der Waals surface area contributed by atoms with Crippen LogP contribution < -0.4 is 0 Å². The average molecular weight is 172 g/mol. The van der Waals surface area contributed by atoms with Gasteiger partial charge < -0.3 is 0 Å². The van der Waals surface area contributed by atoms with Gasteiger partial charge in [0.1, 0.15) is 6.33 Å². The van der Waals surface area contributed by atoms with E-state index in [1.54, 1.807) is 6.20 Å². The molecule has 0 aliphatic heterocycles. The summed E-state index contributed by atoms with van der Waals surface area (Å²) in [5.41, 5.74) is 0. The zero-order chi connectivity index (χ0) is 7.56. The number of carbonyl (C=O) groups excluding carboxylic acids is 1. The number of aromatic nitrogens is 2. The van der Waals surface area contributed by atoms with Crippen molar-refractivity contribution in [2.24, 2.45) is 0 Å². The molecule has 1 atom stereocenters. The first-order valence-electron chi connectivity index (χ1n) is 2.54. The molecule has 0 aromatic carbocycles. The summed E-state index contributed by atoms with van der Waals surface area (Å²) < 4.78 is 1.59. The Kier molecular flexibility index (Phi) is 2.25. The van der Waals surface area contributed by atoms with Crippen LogP contribution in [0.1, 0.15) is 4.79 Å². The SMILES string of the molecule is O=C(C(P)=S)n1ccnc1. The van der Waals surface area contributed by atoms with E-state index in [0.717, 1.165) is 0 Å². The van der Waals surface area contributed by atoms with Gasteiger partial charge in [0.2, 0.25) is 0 Å². The minimum Gasteiger partial charge on any atom is -0.272 e. The van der Waals surface area contributed by atoms with Crippen molar-refractivity contribution >= 4 is 32.0 Å². The number of nitrogens with zero attached hydrogens (tertiary/aromatic N) is 2. The van der Waals surface area contributed by atoms with Gasteiger partial charge in [0.25, 0.3) is 5.91 Å². The molecule has 5 heteroatoms. The van der Waals surface area contributed by atoms with Gasteiger partial charge in [0.05, 0.1) is 4.61 Å². The fourth-order valence-corrected chi connectivity index (χ4v) is 0.761. The van der Waals surface area contributed by atoms with Gasteiger partial charge in [-0.15, -0.1) is 0 Å². The molecule has 1 unspecified atom stereocenters. The van der Waals surface area contributed by atoms with Crippen LogP contribution in [0.3, 0.4) is 0 Å². The molecule has 0 N–H and O–H groups in total. The van der Waals surface area contributed by atoms with E-state index in [4.69, 9.17) is 0 Å². The third-order valence-corrected chi connectivity index (χ3v) is 1.37. The first-order valence-corrected chi connectivity index (χ1v) is 3.52. The molecule has 1 heterocycles. The predicted molar refractivity (Wildman–Crippen MR) is 45.2 cm³/mol. The van der Waals surface area contributed by atoms with Crippen molar-refractivity contribution in [1.82, 2.24) is 9.55 Å². The van der Waals surface area contributed by atoms with Crippen LogP contribution in [0.5, 0.6) is 0 Å². The van der Waals surface area contributed by atoms with Crippen LogP contribution in [0.2, 0.25) is 0 Å². The average Bonchev–Trinajstić information content (AvgIpc) is 2.36. The lowest BCUT2D eigenvalue weighted by molar-refractivity contribution is 0.0996. The minimum absolute atomic E-state index is 0.225. The largest absolute Gasteiger partial charge is 0.273 e. The zero-order valence-corrected chi connectivity index (χ0v) is 6.99. The van der Waals surface area contributed by atoms with E-state index in [-0.39, 0.29) is 10.5 Å². The van der Waals surface area contributed by atoms with Crippen LogP contribution in [-0.2, 0) is 0 Å². The fourth-order valence-electron chi connectivity index (χ4n) is 0.506. The third-order valence-electron chi connectivity index (χ3n) is 0.950. The highest BCUT2D eigenvalue weighted by Gasteiger charge is 2.04. The van der Waals surface area contributed by atoms with Crippen LogP contribution in [-0.4, -0.2) is 20.1 Å². The first kappa shape index (κ1) is 7.51. The molecule has 1 rings (SSSR count). The van der Waals surface area contributed by atoms with Crippen molar-refractivity contribution in [3.63, 3.8) is 0 Å². The highest BCUT2D eigenvalue weighted by atomic mass is 32.1. The second kappa shape index (κ2) is 2.99. The lowest BCUT2D eigenvalue weighted by Gasteiger charge is -1.94. The van der Waals surface area contributed by atoms with Crippen molar-refractivity contribution in [3.05, 3.63) is 18.7 Å². The molecular weight excluding hydrogens is 167 g/mol. The summed E-state index contributed by atoms with van der Waals surface area (Å²) in [6.07, 6.45) is 4.50. The Morgan fingerprint density at radius 1 is 1.70 bits per heavy atom. The van der Waals surface area contributed by atoms with Gasteiger partial charge in [-0.3, -0.25) is 9.36 Å². The molecule has 0 fully saturated rings. The molecule has 0 aliphatic carbocycles. The molecule has 0 saturated carbocycles. The molecule has 52 valence electrons. The van der Waals surface area contributed by atoms with E-state index in [9.17, 15) is 4.79 Å². The second-order valence-corrected chi connectivity index (χ2v) is 3.07. The second-order valence-electron chi connectivity index (χ2n) is 1.64. The highest BCUT2D eigenvalue weighted by molar-refractivity contribution is 7.92. The minimum atomic E-state index is -0.225. The van der Waals surface area contributed by atoms with Crippen LogP contribution in [0.15, 0.2) is 18.7 Å². The number of hydrogen-bond acceptors (Lipinski definition) is 3. The Balaban J connectivity index is 2.88. The number of hydrogen-bond donors (Lipinski definition) is 0. The molecule has 1 aromatic rings. The van der Waals surface area contributed by atoms with Crippen LogP contribution >= 0.6 is 21.5 Å². The third kappa shape index (κ3) is 1.46. The maximum absolute atomic E-state index is 11.0. The van der Waals surface area contributed by atoms with E-state index in [1.165, 1.54) is 17.1 Å². The van der Waals surface area contributed by atoms with Crippen molar-refractivity contribution < 1.29 is 4.79 Å². The van der Waals surface area contributed by atoms with E-state index < -0.39 is 0 Å². The van der Waals surface area contributed by atoms with Crippen LogP contribution in [0.4, 0.5) is 0 Å². The van der Waals surface area contributed by atoms with Gasteiger partial charge in [-0.25, -0.2) is 4.98 Å². The Morgan fingerprint density at radius 2 is 2.40 bits per heavy atom. The Hall–Kier alpha value is -0.600. The first-order chi connectivity index (χ1) is 4.72. The van der Waals surface area contributed by atoms with Crippen molar-refractivity contribution in [2.75, 3.05) is 0 Å². The number of thiocarbonyl (C=S) groups is 1. The number of carbonyl (C=O) groups is 1. The standard InChI is InChI=1S/C5H5N2OPS/c8-4(5(9)10)7-2-1-6-3-7/h1-3H,9H2. The summed E-state index contributed by atoms with van der Waals surface area (Å²) in [6, 6.07) is 0. The maximum atomic E-state index is 11.0. The Labute approximate surface area is 65.7 Å². The summed E-state index contributed by atoms with van der Waals surface area (Å²) in [6.45, 7) is 0. The van der Waals surface area contributed by atoms with Gasteiger partial charge in [-0.2, -0.15) is 0 Å². The topological polar surface area (TPSA) is 34.9 Å². The molecule has 0 bridgehead atoms. The summed E-state index contributed by atoms with van der Waals surface area (Å²) in [7, 11) is 2.17. The van der Waals surface area contributed by atoms with Gasteiger partial charge in [0, 0.05) is 12.4 Å². The summed E-state index contributed by atoms with van der Waals surface area (Å²) in [4.78, 5) is 14.7. The molecular formula is C5H5N2OPS. The zero-order valence-electron chi connectivity index (χ0n) is 5.02. The van der Waals surface area contributed by atoms with Crippen LogP contribution in [0.25, 0.3) is 0 Å². The maximum Gasteiger partial charge on any atom is 0.273 e. The van der Waals surface area contributed by atoms with Gasteiger partial charge in [0.15, 0.2) is 0 Å². The van der Waals surface area contributed by atoms with E-state index >= 15 is 0 Å². The Morgan fingerprint density at radius 3 is 2.80 bits per heavy atom. The normalized spacial score (nSPS) is 9.30. The molecule has 0 radical (unpaired) electrons. The lowest BCUT2D eigenvalue weighted by Crippen LogP contribution is -2.12. The van der Waals surface area contributed by atoms with Gasteiger partial charge in [-0.05, 0) is 0 Å². The molecule has 0 spiro atoms. The quantitative estimate of drug-likeness (QED) is 0.462. The predicted octanol–water partition coefficient (Wildman–Crippen LogP) is 0.726. The highest BCUT2D eigenvalue weighted by Crippen LogP contribution is 1.95. The van der Waals surface area contributed by atoms with Gasteiger partial charge in [-0.1, -0.05) is 21.5 Å². The molecule has 10 heavy (non-hydrogen) atoms. The lowest BCUT2D eigenvalue weighted by atomic mass is 10.7. The summed E-state index contributed by atoms with van der Waals surface area (Å²) in [5, 5.41) is 0. The molecule has 3 nitrogen and oxygen atoms in total. The van der Waals surface area contributed by atoms with Crippen molar-refractivity contribution in [1.29, 1.82) is 0 Å². The summed E-state index contributed by atoms with van der Waals surface area (Å²) in [5.74, 6) is -0.225. The van der Waals surface area contributed by atoms with E-state index in [2.05, 4.69) is 26.4 Å². The smallest absolute Gasteiger partial charge is 0.272 e. The Bertz CT molecular complexity index is 257. The molecule has 0 aliphatic rings.